The third kappa shape index (κ3) is 2.86. The first kappa shape index (κ1) is 14.3. The van der Waals surface area contributed by atoms with Crippen LogP contribution >= 0.6 is 11.3 Å². The van der Waals surface area contributed by atoms with Gasteiger partial charge in [-0.05, 0) is 29.8 Å². The predicted octanol–water partition coefficient (Wildman–Crippen LogP) is 1.97. The molecule has 1 unspecified atom stereocenters. The van der Waals surface area contributed by atoms with Crippen LogP contribution in [0.25, 0.3) is 0 Å². The number of rotatable bonds is 4. The van der Waals surface area contributed by atoms with Crippen LogP contribution in [0.15, 0.2) is 36.7 Å². The van der Waals surface area contributed by atoms with Crippen molar-refractivity contribution in [2.24, 2.45) is 0 Å². The summed E-state index contributed by atoms with van der Waals surface area (Å²) in [6.07, 6.45) is 1.43. The van der Waals surface area contributed by atoms with Crippen LogP contribution in [0, 0.1) is 13.8 Å². The van der Waals surface area contributed by atoms with Gasteiger partial charge in [0.05, 0.1) is 5.69 Å². The lowest BCUT2D eigenvalue weighted by Gasteiger charge is -2.15. The number of nitrogens with zero attached hydrogens (tertiary/aromatic N) is 5. The number of hydrogen-bond donors (Lipinski definition) is 1. The van der Waals surface area contributed by atoms with E-state index in [4.69, 9.17) is 0 Å². The van der Waals surface area contributed by atoms with Crippen molar-refractivity contribution in [2.45, 2.75) is 19.9 Å². The first-order valence-corrected chi connectivity index (χ1v) is 7.49. The van der Waals surface area contributed by atoms with E-state index in [0.29, 0.717) is 5.13 Å². The van der Waals surface area contributed by atoms with Crippen molar-refractivity contribution in [1.29, 1.82) is 0 Å². The molecule has 2 heterocycles. The van der Waals surface area contributed by atoms with Crippen LogP contribution in [0.1, 0.15) is 22.2 Å². The van der Waals surface area contributed by atoms with E-state index < -0.39 is 6.04 Å². The topological polar surface area (TPSA) is 85.6 Å². The minimum atomic E-state index is -0.638. The largest absolute Gasteiger partial charge is 0.300 e. The number of benzene rings is 1. The van der Waals surface area contributed by atoms with Crippen molar-refractivity contribution in [3.8, 4) is 0 Å². The Morgan fingerprint density at radius 1 is 1.27 bits per heavy atom. The van der Waals surface area contributed by atoms with Crippen LogP contribution in [0.4, 0.5) is 5.13 Å². The molecule has 7 nitrogen and oxygen atoms in total. The van der Waals surface area contributed by atoms with E-state index in [1.807, 2.05) is 44.2 Å². The van der Waals surface area contributed by atoms with Gasteiger partial charge < -0.3 is 0 Å². The van der Waals surface area contributed by atoms with Crippen LogP contribution in [-0.4, -0.2) is 31.1 Å². The maximum Gasteiger partial charge on any atom is 0.255 e. The molecule has 0 bridgehead atoms. The lowest BCUT2D eigenvalue weighted by Crippen LogP contribution is -2.27. The summed E-state index contributed by atoms with van der Waals surface area (Å²) >= 11 is 1.45. The molecular weight excluding hydrogens is 300 g/mol. The first-order chi connectivity index (χ1) is 10.6. The maximum absolute atomic E-state index is 12.7. The van der Waals surface area contributed by atoms with E-state index in [1.54, 1.807) is 0 Å². The summed E-state index contributed by atoms with van der Waals surface area (Å²) < 4.78 is 1.43. The normalized spacial score (nSPS) is 12.1. The summed E-state index contributed by atoms with van der Waals surface area (Å²) in [5.74, 6) is -0.229. The maximum atomic E-state index is 12.7. The van der Waals surface area contributed by atoms with Gasteiger partial charge in [0.25, 0.3) is 5.91 Å². The Labute approximate surface area is 131 Å². The number of tetrazole rings is 1. The van der Waals surface area contributed by atoms with Gasteiger partial charge in [0.1, 0.15) is 6.33 Å². The number of nitrogens with one attached hydrogen (secondary N) is 1. The van der Waals surface area contributed by atoms with Crippen LogP contribution < -0.4 is 5.32 Å². The summed E-state index contributed by atoms with van der Waals surface area (Å²) in [6.45, 7) is 3.89. The molecule has 112 valence electrons. The molecule has 0 saturated carbocycles. The molecule has 3 aromatic rings. The minimum absolute atomic E-state index is 0.229. The molecule has 0 aliphatic carbocycles. The van der Waals surface area contributed by atoms with Gasteiger partial charge in [-0.15, -0.1) is 16.4 Å². The third-order valence-corrected chi connectivity index (χ3v) is 4.24. The van der Waals surface area contributed by atoms with Crippen molar-refractivity contribution in [3.63, 3.8) is 0 Å². The molecule has 0 aliphatic heterocycles. The number of carbonyl (C=O) groups is 1. The van der Waals surface area contributed by atoms with Crippen LogP contribution in [0.5, 0.6) is 0 Å². The summed E-state index contributed by atoms with van der Waals surface area (Å²) in [4.78, 5) is 18.1. The molecule has 0 fully saturated rings. The first-order valence-electron chi connectivity index (χ1n) is 6.67. The van der Waals surface area contributed by atoms with Gasteiger partial charge in [0, 0.05) is 4.88 Å². The third-order valence-electron chi connectivity index (χ3n) is 3.25. The van der Waals surface area contributed by atoms with Gasteiger partial charge in [-0.25, -0.2) is 9.67 Å². The average molecular weight is 314 g/mol. The van der Waals surface area contributed by atoms with E-state index in [0.717, 1.165) is 16.1 Å². The number of aromatic nitrogens is 5. The van der Waals surface area contributed by atoms with Gasteiger partial charge in [-0.1, -0.05) is 30.3 Å². The Morgan fingerprint density at radius 2 is 2.05 bits per heavy atom. The summed E-state index contributed by atoms with van der Waals surface area (Å²) in [6, 6.07) is 8.73. The number of thiazole rings is 1. The van der Waals surface area contributed by atoms with Crippen molar-refractivity contribution >= 4 is 22.4 Å². The molecule has 1 atom stereocenters. The lowest BCUT2D eigenvalue weighted by molar-refractivity contribution is -0.118. The molecule has 3 rings (SSSR count). The highest BCUT2D eigenvalue weighted by atomic mass is 32.1. The van der Waals surface area contributed by atoms with Crippen LogP contribution in [0.3, 0.4) is 0 Å². The SMILES string of the molecule is Cc1nc(NC(=O)C(c2ccccc2)n2cnnn2)sc1C. The zero-order valence-electron chi connectivity index (χ0n) is 12.1. The second-order valence-corrected chi connectivity index (χ2v) is 5.96. The highest BCUT2D eigenvalue weighted by Gasteiger charge is 2.24. The average Bonchev–Trinajstić information content (AvgIpc) is 3.12. The Bertz CT molecular complexity index is 748. The summed E-state index contributed by atoms with van der Waals surface area (Å²) in [5.41, 5.74) is 1.72. The van der Waals surface area contributed by atoms with Gasteiger partial charge >= 0.3 is 0 Å². The van der Waals surface area contributed by atoms with E-state index in [9.17, 15) is 4.79 Å². The molecule has 2 aromatic heterocycles. The number of anilines is 1. The smallest absolute Gasteiger partial charge is 0.255 e. The second kappa shape index (κ2) is 6.02. The molecule has 1 amide bonds. The number of carbonyl (C=O) groups excluding carboxylic acids is 1. The molecule has 0 radical (unpaired) electrons. The molecule has 8 heteroatoms. The standard InChI is InChI=1S/C14H14N6OS/c1-9-10(2)22-14(16-9)17-13(21)12(20-8-15-18-19-20)11-6-4-3-5-7-11/h3-8,12H,1-2H3,(H,16,17,21). The lowest BCUT2D eigenvalue weighted by atomic mass is 10.1. The Hall–Kier alpha value is -2.61. The molecule has 1 aromatic carbocycles. The Balaban J connectivity index is 1.91. The van der Waals surface area contributed by atoms with Crippen molar-refractivity contribution < 1.29 is 4.79 Å². The van der Waals surface area contributed by atoms with Crippen molar-refractivity contribution in [3.05, 3.63) is 52.8 Å². The fourth-order valence-corrected chi connectivity index (χ4v) is 2.86. The van der Waals surface area contributed by atoms with Crippen molar-refractivity contribution in [2.75, 3.05) is 5.32 Å². The number of amides is 1. The summed E-state index contributed by atoms with van der Waals surface area (Å²) in [7, 11) is 0. The van der Waals surface area contributed by atoms with Crippen molar-refractivity contribution in [1.82, 2.24) is 25.2 Å². The zero-order valence-corrected chi connectivity index (χ0v) is 12.9. The molecule has 0 aliphatic rings. The molecule has 0 saturated heterocycles. The zero-order chi connectivity index (χ0) is 15.5. The van der Waals surface area contributed by atoms with Crippen LogP contribution in [0.2, 0.25) is 0 Å². The van der Waals surface area contributed by atoms with E-state index in [-0.39, 0.29) is 5.91 Å². The van der Waals surface area contributed by atoms with E-state index in [2.05, 4.69) is 25.8 Å². The summed E-state index contributed by atoms with van der Waals surface area (Å²) in [5, 5.41) is 14.5. The van der Waals surface area contributed by atoms with Gasteiger partial charge in [-0.3, -0.25) is 10.1 Å². The predicted molar refractivity (Wildman–Crippen MR) is 82.6 cm³/mol. The molecule has 0 spiro atoms. The Morgan fingerprint density at radius 3 is 2.64 bits per heavy atom. The monoisotopic (exact) mass is 314 g/mol. The highest BCUT2D eigenvalue weighted by Crippen LogP contribution is 2.24. The fourth-order valence-electron chi connectivity index (χ4n) is 2.05. The highest BCUT2D eigenvalue weighted by molar-refractivity contribution is 7.15. The van der Waals surface area contributed by atoms with Crippen LogP contribution in [-0.2, 0) is 4.79 Å². The number of hydrogen-bond acceptors (Lipinski definition) is 6. The number of aryl methyl sites for hydroxylation is 2. The fraction of sp³-hybridized carbons (Fsp3) is 0.214. The van der Waals surface area contributed by atoms with E-state index in [1.165, 1.54) is 22.3 Å². The quantitative estimate of drug-likeness (QED) is 0.796. The molecular formula is C14H14N6OS. The van der Waals surface area contributed by atoms with Gasteiger partial charge in [0.2, 0.25) is 0 Å². The second-order valence-electron chi connectivity index (χ2n) is 4.75. The minimum Gasteiger partial charge on any atom is -0.300 e. The molecule has 22 heavy (non-hydrogen) atoms. The van der Waals surface area contributed by atoms with Gasteiger partial charge in [-0.2, -0.15) is 0 Å². The Kier molecular flexibility index (Phi) is 3.92. The molecule has 1 N–H and O–H groups in total. The van der Waals surface area contributed by atoms with Gasteiger partial charge in [0.15, 0.2) is 11.2 Å². The van der Waals surface area contributed by atoms with E-state index >= 15 is 0 Å².